The van der Waals surface area contributed by atoms with Crippen molar-refractivity contribution in [2.24, 2.45) is 0 Å². The first-order valence-electron chi connectivity index (χ1n) is 9.16. The number of nitrogens with zero attached hydrogens (tertiary/aromatic N) is 1. The third-order valence-corrected chi connectivity index (χ3v) is 4.74. The topological polar surface area (TPSA) is 41.9 Å². The van der Waals surface area contributed by atoms with E-state index in [2.05, 4.69) is 4.90 Å². The van der Waals surface area contributed by atoms with E-state index in [9.17, 15) is 13.9 Å². The van der Waals surface area contributed by atoms with Gasteiger partial charge in [-0.15, -0.1) is 12.4 Å². The van der Waals surface area contributed by atoms with Crippen LogP contribution < -0.4 is 0 Å². The minimum atomic E-state index is -0.878. The maximum absolute atomic E-state index is 13.5. The zero-order chi connectivity index (χ0) is 19.2. The van der Waals surface area contributed by atoms with Gasteiger partial charge >= 0.3 is 0 Å². The first-order chi connectivity index (χ1) is 13.0. The van der Waals surface area contributed by atoms with Crippen molar-refractivity contribution in [2.45, 2.75) is 25.2 Å². The van der Waals surface area contributed by atoms with Gasteiger partial charge in [-0.2, -0.15) is 0 Å². The summed E-state index contributed by atoms with van der Waals surface area (Å²) in [5.74, 6) is -1.75. The number of aliphatic hydroxyl groups is 1. The van der Waals surface area contributed by atoms with Crippen molar-refractivity contribution in [1.29, 1.82) is 0 Å². The van der Waals surface area contributed by atoms with Crippen LogP contribution in [0.1, 0.15) is 30.3 Å². The molecule has 1 N–H and O–H groups in total. The van der Waals surface area contributed by atoms with Gasteiger partial charge < -0.3 is 14.6 Å². The molecule has 0 saturated carbocycles. The SMILES string of the molecule is CC(OCC(O)CN1CCOC(c2ccc(F)c(F)c2)C1)c1ccccc1.Cl. The predicted molar refractivity (Wildman–Crippen MR) is 106 cm³/mol. The first-order valence-corrected chi connectivity index (χ1v) is 9.16. The molecule has 1 aliphatic rings. The van der Waals surface area contributed by atoms with Gasteiger partial charge in [0, 0.05) is 19.6 Å². The summed E-state index contributed by atoms with van der Waals surface area (Å²) in [6, 6.07) is 13.7. The van der Waals surface area contributed by atoms with Crippen molar-refractivity contribution in [1.82, 2.24) is 4.90 Å². The highest BCUT2D eigenvalue weighted by molar-refractivity contribution is 5.85. The van der Waals surface area contributed by atoms with E-state index in [0.29, 0.717) is 31.8 Å². The third kappa shape index (κ3) is 6.22. The second kappa shape index (κ2) is 10.8. The Morgan fingerprint density at radius 3 is 2.64 bits per heavy atom. The summed E-state index contributed by atoms with van der Waals surface area (Å²) in [5, 5.41) is 10.3. The summed E-state index contributed by atoms with van der Waals surface area (Å²) in [7, 11) is 0. The highest BCUT2D eigenvalue weighted by Crippen LogP contribution is 2.24. The Labute approximate surface area is 170 Å². The Morgan fingerprint density at radius 2 is 1.93 bits per heavy atom. The minimum absolute atomic E-state index is 0. The van der Waals surface area contributed by atoms with Crippen molar-refractivity contribution >= 4 is 12.4 Å². The van der Waals surface area contributed by atoms with Crippen molar-refractivity contribution in [2.75, 3.05) is 32.8 Å². The van der Waals surface area contributed by atoms with Gasteiger partial charge in [0.05, 0.1) is 31.5 Å². The maximum Gasteiger partial charge on any atom is 0.159 e. The highest BCUT2D eigenvalue weighted by atomic mass is 35.5. The molecule has 3 atom stereocenters. The van der Waals surface area contributed by atoms with Crippen LogP contribution in [0.25, 0.3) is 0 Å². The molecular formula is C21H26ClF2NO3. The molecule has 0 aliphatic carbocycles. The standard InChI is InChI=1S/C21H25F2NO3.ClH/c1-15(16-5-3-2-4-6-16)27-14-18(25)12-24-9-10-26-21(13-24)17-7-8-19(22)20(23)11-17;/h2-8,11,15,18,21,25H,9-10,12-14H2,1H3;1H. The molecule has 2 aromatic rings. The lowest BCUT2D eigenvalue weighted by Gasteiger charge is -2.34. The molecule has 0 radical (unpaired) electrons. The Balaban J connectivity index is 0.00000280. The zero-order valence-corrected chi connectivity index (χ0v) is 16.6. The molecule has 1 heterocycles. The summed E-state index contributed by atoms with van der Waals surface area (Å²) < 4.78 is 38.0. The molecule has 28 heavy (non-hydrogen) atoms. The zero-order valence-electron chi connectivity index (χ0n) is 15.8. The molecule has 1 saturated heterocycles. The molecule has 3 rings (SSSR count). The number of ether oxygens (including phenoxy) is 2. The fraction of sp³-hybridized carbons (Fsp3) is 0.429. The number of benzene rings is 2. The van der Waals surface area contributed by atoms with Crippen molar-refractivity contribution in [3.05, 3.63) is 71.3 Å². The molecule has 154 valence electrons. The van der Waals surface area contributed by atoms with Gasteiger partial charge in [-0.05, 0) is 30.2 Å². The smallest absolute Gasteiger partial charge is 0.159 e. The quantitative estimate of drug-likeness (QED) is 0.747. The van der Waals surface area contributed by atoms with Gasteiger partial charge in [0.15, 0.2) is 11.6 Å². The number of β-amino-alcohol motifs (C(OH)–C–C–N with tert-alkyl or cyclic N) is 1. The number of halogens is 3. The second-order valence-corrected chi connectivity index (χ2v) is 6.83. The number of hydrogen-bond donors (Lipinski definition) is 1. The van der Waals surface area contributed by atoms with Gasteiger partial charge in [0.1, 0.15) is 0 Å². The lowest BCUT2D eigenvalue weighted by molar-refractivity contribution is -0.0594. The van der Waals surface area contributed by atoms with Crippen LogP contribution in [0, 0.1) is 11.6 Å². The number of rotatable bonds is 7. The van der Waals surface area contributed by atoms with Crippen LogP contribution in [-0.4, -0.2) is 49.0 Å². The van der Waals surface area contributed by atoms with E-state index < -0.39 is 17.7 Å². The van der Waals surface area contributed by atoms with Gasteiger partial charge in [-0.1, -0.05) is 36.4 Å². The van der Waals surface area contributed by atoms with E-state index in [4.69, 9.17) is 9.47 Å². The Kier molecular flexibility index (Phi) is 8.79. The Bertz CT molecular complexity index is 735. The van der Waals surface area contributed by atoms with Gasteiger partial charge in [-0.25, -0.2) is 8.78 Å². The highest BCUT2D eigenvalue weighted by Gasteiger charge is 2.24. The van der Waals surface area contributed by atoms with Crippen LogP contribution in [0.2, 0.25) is 0 Å². The lowest BCUT2D eigenvalue weighted by atomic mass is 10.1. The number of hydrogen-bond acceptors (Lipinski definition) is 4. The molecule has 4 nitrogen and oxygen atoms in total. The molecule has 1 aliphatic heterocycles. The lowest BCUT2D eigenvalue weighted by Crippen LogP contribution is -2.43. The van der Waals surface area contributed by atoms with Crippen LogP contribution in [0.4, 0.5) is 8.78 Å². The summed E-state index contributed by atoms with van der Waals surface area (Å²) in [6.45, 7) is 4.27. The van der Waals surface area contributed by atoms with E-state index in [0.717, 1.165) is 11.6 Å². The molecule has 2 aromatic carbocycles. The largest absolute Gasteiger partial charge is 0.389 e. The van der Waals surface area contributed by atoms with E-state index in [1.807, 2.05) is 37.3 Å². The van der Waals surface area contributed by atoms with Crippen LogP contribution in [0.15, 0.2) is 48.5 Å². The van der Waals surface area contributed by atoms with Crippen molar-refractivity contribution in [3.8, 4) is 0 Å². The molecule has 0 bridgehead atoms. The average molecular weight is 414 g/mol. The minimum Gasteiger partial charge on any atom is -0.389 e. The van der Waals surface area contributed by atoms with Crippen molar-refractivity contribution in [3.63, 3.8) is 0 Å². The molecule has 0 spiro atoms. The Morgan fingerprint density at radius 1 is 1.18 bits per heavy atom. The predicted octanol–water partition coefficient (Wildman–Crippen LogP) is 3.90. The number of aliphatic hydroxyl groups excluding tert-OH is 1. The maximum atomic E-state index is 13.5. The van der Waals surface area contributed by atoms with Crippen molar-refractivity contribution < 1.29 is 23.4 Å². The Hall–Kier alpha value is -1.57. The van der Waals surface area contributed by atoms with E-state index in [-0.39, 0.29) is 31.2 Å². The van der Waals surface area contributed by atoms with E-state index in [1.165, 1.54) is 12.1 Å². The average Bonchev–Trinajstić information content (AvgIpc) is 2.69. The molecular weight excluding hydrogens is 388 g/mol. The fourth-order valence-corrected chi connectivity index (χ4v) is 3.21. The normalized spacial score (nSPS) is 19.6. The molecule has 3 unspecified atom stereocenters. The number of morpholine rings is 1. The van der Waals surface area contributed by atoms with E-state index in [1.54, 1.807) is 0 Å². The summed E-state index contributed by atoms with van der Waals surface area (Å²) in [4.78, 5) is 2.05. The second-order valence-electron chi connectivity index (χ2n) is 6.83. The summed E-state index contributed by atoms with van der Waals surface area (Å²) in [6.07, 6.45) is -1.08. The summed E-state index contributed by atoms with van der Waals surface area (Å²) in [5.41, 5.74) is 1.66. The van der Waals surface area contributed by atoms with Gasteiger partial charge in [0.25, 0.3) is 0 Å². The van der Waals surface area contributed by atoms with Crippen LogP contribution in [0.3, 0.4) is 0 Å². The van der Waals surface area contributed by atoms with Crippen LogP contribution in [0.5, 0.6) is 0 Å². The van der Waals surface area contributed by atoms with E-state index >= 15 is 0 Å². The molecule has 1 fully saturated rings. The fourth-order valence-electron chi connectivity index (χ4n) is 3.21. The monoisotopic (exact) mass is 413 g/mol. The summed E-state index contributed by atoms with van der Waals surface area (Å²) >= 11 is 0. The van der Waals surface area contributed by atoms with Gasteiger partial charge in [0.2, 0.25) is 0 Å². The van der Waals surface area contributed by atoms with Crippen LogP contribution >= 0.6 is 12.4 Å². The molecule has 0 aromatic heterocycles. The first kappa shape index (κ1) is 22.7. The third-order valence-electron chi connectivity index (χ3n) is 4.74. The molecule has 0 amide bonds. The van der Waals surface area contributed by atoms with Gasteiger partial charge in [-0.3, -0.25) is 4.90 Å². The molecule has 7 heteroatoms. The van der Waals surface area contributed by atoms with Crippen LogP contribution in [-0.2, 0) is 9.47 Å².